The Labute approximate surface area is 167 Å². The molecule has 1 aromatic carbocycles. The van der Waals surface area contributed by atoms with Crippen molar-refractivity contribution in [3.8, 4) is 5.75 Å². The highest BCUT2D eigenvalue weighted by Crippen LogP contribution is 2.28. The molecule has 0 amide bonds. The molecule has 2 aliphatic rings. The lowest BCUT2D eigenvalue weighted by Gasteiger charge is -2.29. The van der Waals surface area contributed by atoms with Crippen LogP contribution >= 0.6 is 0 Å². The molecule has 2 aliphatic heterocycles. The number of halogens is 4. The Kier molecular flexibility index (Phi) is 8.14. The molecule has 11 heteroatoms. The van der Waals surface area contributed by atoms with Crippen LogP contribution in [0, 0.1) is 5.82 Å². The van der Waals surface area contributed by atoms with Crippen molar-refractivity contribution in [1.82, 2.24) is 5.32 Å². The first-order chi connectivity index (χ1) is 13.6. The smallest absolute Gasteiger partial charge is 0.494 e. The number of piperidine rings is 1. The molecule has 1 N–H and O–H groups in total. The molecule has 1 saturated heterocycles. The fraction of sp³-hybridized carbons (Fsp3) is 0.556. The van der Waals surface area contributed by atoms with Gasteiger partial charge >= 0.3 is 15.6 Å². The third-order valence-corrected chi connectivity index (χ3v) is 5.27. The first-order valence-corrected chi connectivity index (χ1v) is 10.6. The molecule has 1 aromatic rings. The Bertz CT molecular complexity index is 794. The third kappa shape index (κ3) is 6.77. The van der Waals surface area contributed by atoms with Gasteiger partial charge in [-0.3, -0.25) is 4.18 Å². The number of nitrogens with zero attached hydrogens (tertiary/aromatic N) is 1. The summed E-state index contributed by atoms with van der Waals surface area (Å²) in [5, 5.41) is 2.51. The van der Waals surface area contributed by atoms with E-state index in [4.69, 9.17) is 4.74 Å². The van der Waals surface area contributed by atoms with E-state index in [2.05, 4.69) is 14.4 Å². The van der Waals surface area contributed by atoms with Gasteiger partial charge in [-0.1, -0.05) is 0 Å². The minimum atomic E-state index is -5.47. The Hall–Kier alpha value is -2.01. The van der Waals surface area contributed by atoms with Crippen molar-refractivity contribution in [2.75, 3.05) is 31.1 Å². The van der Waals surface area contributed by atoms with Crippen molar-refractivity contribution in [1.29, 1.82) is 0 Å². The van der Waals surface area contributed by atoms with Gasteiger partial charge in [-0.25, -0.2) is 4.39 Å². The van der Waals surface area contributed by atoms with Gasteiger partial charge in [0.15, 0.2) is 0 Å². The summed E-state index contributed by atoms with van der Waals surface area (Å²) in [6, 6.07) is 4.99. The number of nitrogens with one attached hydrogen (secondary N) is 1. The molecule has 0 radical (unpaired) electrons. The molecule has 3 rings (SSSR count). The van der Waals surface area contributed by atoms with E-state index in [0.717, 1.165) is 31.7 Å². The van der Waals surface area contributed by atoms with Crippen molar-refractivity contribution in [3.05, 3.63) is 36.3 Å². The van der Waals surface area contributed by atoms with Crippen molar-refractivity contribution in [2.45, 2.75) is 37.8 Å². The predicted octanol–water partition coefficient (Wildman–Crippen LogP) is 3.55. The van der Waals surface area contributed by atoms with Crippen molar-refractivity contribution in [3.63, 3.8) is 0 Å². The summed E-state index contributed by atoms with van der Waals surface area (Å²) < 4.78 is 78.9. The molecular weight excluding hydrogens is 416 g/mol. The summed E-state index contributed by atoms with van der Waals surface area (Å²) >= 11 is 0. The largest absolute Gasteiger partial charge is 0.523 e. The van der Waals surface area contributed by atoms with Gasteiger partial charge < -0.3 is 15.0 Å². The van der Waals surface area contributed by atoms with Gasteiger partial charge in [-0.05, 0) is 50.6 Å². The topological polar surface area (TPSA) is 67.9 Å². The van der Waals surface area contributed by atoms with E-state index in [0.29, 0.717) is 12.3 Å². The van der Waals surface area contributed by atoms with Gasteiger partial charge in [0.25, 0.3) is 0 Å². The summed E-state index contributed by atoms with van der Waals surface area (Å²) in [6.07, 6.45) is 5.01. The van der Waals surface area contributed by atoms with E-state index in [1.807, 2.05) is 13.0 Å². The average Bonchev–Trinajstić information content (AvgIpc) is 3.16. The van der Waals surface area contributed by atoms with E-state index in [9.17, 15) is 26.0 Å². The van der Waals surface area contributed by atoms with Crippen LogP contribution in [0.4, 0.5) is 23.2 Å². The molecule has 164 valence electrons. The first-order valence-electron chi connectivity index (χ1n) is 9.21. The minimum Gasteiger partial charge on any atom is -0.494 e. The zero-order valence-electron chi connectivity index (χ0n) is 15.9. The molecule has 1 atom stereocenters. The Morgan fingerprint density at radius 2 is 1.90 bits per heavy atom. The molecule has 2 heterocycles. The van der Waals surface area contributed by atoms with Crippen LogP contribution in [-0.4, -0.2) is 46.3 Å². The molecule has 0 saturated carbocycles. The van der Waals surface area contributed by atoms with Crippen LogP contribution in [0.25, 0.3) is 0 Å². The number of rotatable bonds is 5. The van der Waals surface area contributed by atoms with Crippen LogP contribution in [0.5, 0.6) is 5.75 Å². The number of alkyl halides is 3. The number of benzene rings is 1. The van der Waals surface area contributed by atoms with E-state index in [-0.39, 0.29) is 12.4 Å². The molecule has 1 fully saturated rings. The van der Waals surface area contributed by atoms with E-state index in [1.54, 1.807) is 6.07 Å². The summed E-state index contributed by atoms with van der Waals surface area (Å²) in [4.78, 5) is 2.11. The summed E-state index contributed by atoms with van der Waals surface area (Å²) in [5.41, 5.74) is -4.67. The Morgan fingerprint density at radius 1 is 1.21 bits per heavy atom. The van der Waals surface area contributed by atoms with E-state index >= 15 is 0 Å². The lowest BCUT2D eigenvalue weighted by Crippen LogP contribution is -2.31. The first kappa shape index (κ1) is 23.3. The minimum absolute atomic E-state index is 0.0231. The maximum Gasteiger partial charge on any atom is 0.523 e. The summed E-state index contributed by atoms with van der Waals surface area (Å²) in [7, 11) is -5.47. The second-order valence-corrected chi connectivity index (χ2v) is 7.96. The van der Waals surface area contributed by atoms with Crippen LogP contribution in [0.3, 0.4) is 0 Å². The van der Waals surface area contributed by atoms with Crippen molar-refractivity contribution in [2.24, 2.45) is 0 Å². The number of hydrogen-bond donors (Lipinski definition) is 1. The van der Waals surface area contributed by atoms with Gasteiger partial charge in [0, 0.05) is 25.7 Å². The zero-order chi connectivity index (χ0) is 21.5. The normalized spacial score (nSPS) is 19.3. The van der Waals surface area contributed by atoms with Crippen LogP contribution in [0.1, 0.15) is 26.2 Å². The number of anilines is 1. The van der Waals surface area contributed by atoms with E-state index < -0.39 is 21.7 Å². The maximum atomic E-state index is 13.7. The lowest BCUT2D eigenvalue weighted by molar-refractivity contribution is -0.0556. The second kappa shape index (κ2) is 10.1. The molecular formula is C18H24F4N2O4S. The summed E-state index contributed by atoms with van der Waals surface area (Å²) in [6.45, 7) is 4.48. The molecule has 6 nitrogen and oxygen atoms in total. The highest BCUT2D eigenvalue weighted by atomic mass is 32.2. The predicted molar refractivity (Wildman–Crippen MR) is 101 cm³/mol. The fourth-order valence-electron chi connectivity index (χ4n) is 2.84. The number of ether oxygens (including phenoxy) is 1. The van der Waals surface area contributed by atoms with E-state index in [1.165, 1.54) is 24.8 Å². The van der Waals surface area contributed by atoms with Crippen LogP contribution in [-0.2, 0) is 14.3 Å². The lowest BCUT2D eigenvalue weighted by atomic mass is 10.1. The van der Waals surface area contributed by atoms with Crippen molar-refractivity contribution >= 4 is 15.8 Å². The summed E-state index contributed by atoms with van der Waals surface area (Å²) in [5.74, 6) is 0.606. The molecule has 1 unspecified atom stereocenters. The molecule has 0 spiro atoms. The SMILES string of the molecule is CCOc1ccc(F)c(N2CCCCC2)c1.O=S(=O)(OC1C=CNC1)C(F)(F)F. The quantitative estimate of drug-likeness (QED) is 0.429. The fourth-order valence-corrected chi connectivity index (χ4v) is 3.40. The third-order valence-electron chi connectivity index (χ3n) is 4.21. The van der Waals surface area contributed by atoms with Crippen LogP contribution in [0.15, 0.2) is 30.5 Å². The molecule has 29 heavy (non-hydrogen) atoms. The van der Waals surface area contributed by atoms with Gasteiger partial charge in [0.2, 0.25) is 0 Å². The molecule has 0 bridgehead atoms. The Balaban J connectivity index is 0.000000212. The highest BCUT2D eigenvalue weighted by Gasteiger charge is 2.48. The van der Waals surface area contributed by atoms with Gasteiger partial charge in [0.1, 0.15) is 17.7 Å². The molecule has 0 aliphatic carbocycles. The van der Waals surface area contributed by atoms with Crippen molar-refractivity contribution < 1.29 is 34.9 Å². The van der Waals surface area contributed by atoms with Gasteiger partial charge in [0.05, 0.1) is 12.3 Å². The molecule has 0 aromatic heterocycles. The standard InChI is InChI=1S/C13H18FNO.C5H6F3NO3S/c1-2-16-11-6-7-12(14)13(10-11)15-8-4-3-5-9-15;6-5(7,8)13(10,11)12-4-1-2-9-3-4/h6-7,10H,2-5,8-9H2,1H3;1-2,4,9H,3H2. The highest BCUT2D eigenvalue weighted by molar-refractivity contribution is 7.87. The van der Waals surface area contributed by atoms with Gasteiger partial charge in [-0.2, -0.15) is 21.6 Å². The second-order valence-electron chi connectivity index (χ2n) is 6.40. The van der Waals surface area contributed by atoms with Gasteiger partial charge in [-0.15, -0.1) is 0 Å². The monoisotopic (exact) mass is 440 g/mol. The number of hydrogen-bond acceptors (Lipinski definition) is 6. The maximum absolute atomic E-state index is 13.7. The zero-order valence-corrected chi connectivity index (χ0v) is 16.7. The Morgan fingerprint density at radius 3 is 2.45 bits per heavy atom. The van der Waals surface area contributed by atoms with Crippen LogP contribution in [0.2, 0.25) is 0 Å². The average molecular weight is 440 g/mol. The van der Waals surface area contributed by atoms with Crippen LogP contribution < -0.4 is 15.0 Å².